The van der Waals surface area contributed by atoms with Crippen molar-refractivity contribution in [2.75, 3.05) is 0 Å². The summed E-state index contributed by atoms with van der Waals surface area (Å²) in [5.41, 5.74) is 1.03. The third-order valence-corrected chi connectivity index (χ3v) is 2.44. The summed E-state index contributed by atoms with van der Waals surface area (Å²) in [4.78, 5) is 4.19. The molecule has 0 fully saturated rings. The van der Waals surface area contributed by atoms with Gasteiger partial charge >= 0.3 is 7.12 Å². The van der Waals surface area contributed by atoms with Crippen LogP contribution in [0.3, 0.4) is 0 Å². The summed E-state index contributed by atoms with van der Waals surface area (Å²) in [6, 6.07) is 8.98. The molecular weight excluding hydrogens is 245 g/mol. The smallest absolute Gasteiger partial charge is 0.423 e. The monoisotopic (exact) mass is 251 g/mol. The normalized spacial score (nSPS) is 10.5. The maximum atomic E-state index is 9.11. The average Bonchev–Trinajstić information content (AvgIpc) is 2.16. The molecule has 0 aliphatic carbocycles. The van der Waals surface area contributed by atoms with Gasteiger partial charge in [0.25, 0.3) is 0 Å². The van der Waals surface area contributed by atoms with Gasteiger partial charge in [-0.15, -0.1) is 0 Å². The Hall–Kier alpha value is -0.905. The summed E-state index contributed by atoms with van der Waals surface area (Å²) >= 11 is 3.24. The lowest BCUT2D eigenvalue weighted by molar-refractivity contribution is 0.426. The van der Waals surface area contributed by atoms with E-state index in [0.717, 1.165) is 5.39 Å². The zero-order chi connectivity index (χ0) is 10.1. The number of benzene rings is 1. The van der Waals surface area contributed by atoms with E-state index < -0.39 is 7.12 Å². The maximum absolute atomic E-state index is 9.11. The highest BCUT2D eigenvalue weighted by molar-refractivity contribution is 9.10. The predicted molar refractivity (Wildman–Crippen MR) is 59.3 cm³/mol. The third-order valence-electron chi connectivity index (χ3n) is 2.00. The topological polar surface area (TPSA) is 53.4 Å². The van der Waals surface area contributed by atoms with Gasteiger partial charge in [0.15, 0.2) is 0 Å². The lowest BCUT2D eigenvalue weighted by Crippen LogP contribution is -2.30. The Bertz CT molecular complexity index is 475. The van der Waals surface area contributed by atoms with Crippen molar-refractivity contribution >= 4 is 39.4 Å². The molecular formula is C9H7BBrNO2. The highest BCUT2D eigenvalue weighted by Gasteiger charge is 2.15. The van der Waals surface area contributed by atoms with E-state index in [1.54, 1.807) is 12.1 Å². The van der Waals surface area contributed by atoms with Crippen LogP contribution in [0.1, 0.15) is 0 Å². The van der Waals surface area contributed by atoms with Crippen LogP contribution in [-0.4, -0.2) is 22.2 Å². The number of hydrogen-bond acceptors (Lipinski definition) is 3. The van der Waals surface area contributed by atoms with Gasteiger partial charge in [0.1, 0.15) is 4.60 Å². The summed E-state index contributed by atoms with van der Waals surface area (Å²) in [6.45, 7) is 0. The summed E-state index contributed by atoms with van der Waals surface area (Å²) in [7, 11) is -1.49. The Morgan fingerprint density at radius 1 is 1.14 bits per heavy atom. The fourth-order valence-corrected chi connectivity index (χ4v) is 1.66. The van der Waals surface area contributed by atoms with Crippen molar-refractivity contribution in [1.82, 2.24) is 4.98 Å². The first-order valence-corrected chi connectivity index (χ1v) is 4.89. The number of halogens is 1. The van der Waals surface area contributed by atoms with Crippen LogP contribution in [0.5, 0.6) is 0 Å². The number of hydrogen-bond donors (Lipinski definition) is 2. The summed E-state index contributed by atoms with van der Waals surface area (Å²) in [5, 5.41) is 19.1. The molecule has 5 heteroatoms. The minimum Gasteiger partial charge on any atom is -0.423 e. The third kappa shape index (κ3) is 1.66. The van der Waals surface area contributed by atoms with E-state index in [9.17, 15) is 0 Å². The first-order valence-electron chi connectivity index (χ1n) is 4.10. The van der Waals surface area contributed by atoms with Gasteiger partial charge in [0.2, 0.25) is 0 Å². The molecule has 2 aromatic rings. The SMILES string of the molecule is OB(O)c1cccc2ccc(Br)nc12. The number of aromatic nitrogens is 1. The van der Waals surface area contributed by atoms with Crippen LogP contribution in [0.25, 0.3) is 10.9 Å². The molecule has 3 nitrogen and oxygen atoms in total. The number of para-hydroxylation sites is 1. The zero-order valence-electron chi connectivity index (χ0n) is 7.18. The molecule has 0 spiro atoms. The molecule has 1 aromatic heterocycles. The molecule has 0 aliphatic rings. The van der Waals surface area contributed by atoms with Gasteiger partial charge in [0.05, 0.1) is 5.52 Å². The van der Waals surface area contributed by atoms with E-state index in [1.807, 2.05) is 18.2 Å². The van der Waals surface area contributed by atoms with Crippen molar-refractivity contribution in [2.24, 2.45) is 0 Å². The number of pyridine rings is 1. The van der Waals surface area contributed by atoms with Crippen molar-refractivity contribution in [3.05, 3.63) is 34.9 Å². The Morgan fingerprint density at radius 2 is 1.93 bits per heavy atom. The fraction of sp³-hybridized carbons (Fsp3) is 0. The van der Waals surface area contributed by atoms with E-state index in [-0.39, 0.29) is 0 Å². The first kappa shape index (κ1) is 9.64. The van der Waals surface area contributed by atoms with Crippen LogP contribution >= 0.6 is 15.9 Å². The molecule has 70 valence electrons. The van der Waals surface area contributed by atoms with Gasteiger partial charge < -0.3 is 10.0 Å². The highest BCUT2D eigenvalue weighted by atomic mass is 79.9. The number of fused-ring (bicyclic) bond motifs is 1. The first-order chi connectivity index (χ1) is 6.68. The molecule has 0 bridgehead atoms. The Kier molecular flexibility index (Phi) is 2.54. The van der Waals surface area contributed by atoms with Crippen LogP contribution in [0.15, 0.2) is 34.9 Å². The highest BCUT2D eigenvalue weighted by Crippen LogP contribution is 2.13. The van der Waals surface area contributed by atoms with Gasteiger partial charge in [-0.05, 0) is 27.4 Å². The second-order valence-electron chi connectivity index (χ2n) is 2.93. The van der Waals surface area contributed by atoms with Gasteiger partial charge in [-0.1, -0.05) is 24.3 Å². The predicted octanol–water partition coefficient (Wildman–Crippen LogP) is 0.677. The van der Waals surface area contributed by atoms with Crippen LogP contribution in [0.4, 0.5) is 0 Å². The Labute approximate surface area is 89.7 Å². The van der Waals surface area contributed by atoms with Gasteiger partial charge in [-0.3, -0.25) is 0 Å². The molecule has 0 unspecified atom stereocenters. The molecule has 0 amide bonds. The minimum atomic E-state index is -1.49. The van der Waals surface area contributed by atoms with Gasteiger partial charge in [0, 0.05) is 5.46 Å². The number of nitrogens with zero attached hydrogens (tertiary/aromatic N) is 1. The average molecular weight is 252 g/mol. The molecule has 0 aliphatic heterocycles. The molecule has 1 heterocycles. The molecule has 1 aromatic carbocycles. The molecule has 2 rings (SSSR count). The minimum absolute atomic E-state index is 0.420. The van der Waals surface area contributed by atoms with Crippen LogP contribution in [0, 0.1) is 0 Å². The molecule has 2 N–H and O–H groups in total. The maximum Gasteiger partial charge on any atom is 0.490 e. The van der Waals surface area contributed by atoms with Gasteiger partial charge in [-0.25, -0.2) is 4.98 Å². The van der Waals surface area contributed by atoms with Crippen molar-refractivity contribution in [3.63, 3.8) is 0 Å². The summed E-state index contributed by atoms with van der Waals surface area (Å²) in [5.74, 6) is 0. The van der Waals surface area contributed by atoms with Crippen LogP contribution in [-0.2, 0) is 0 Å². The second-order valence-corrected chi connectivity index (χ2v) is 3.74. The Morgan fingerprint density at radius 3 is 2.64 bits per heavy atom. The molecule has 14 heavy (non-hydrogen) atoms. The van der Waals surface area contributed by atoms with Crippen molar-refractivity contribution in [1.29, 1.82) is 0 Å². The Balaban J connectivity index is 2.77. The fourth-order valence-electron chi connectivity index (χ4n) is 1.35. The van der Waals surface area contributed by atoms with Crippen molar-refractivity contribution < 1.29 is 10.0 Å². The zero-order valence-corrected chi connectivity index (χ0v) is 8.77. The van der Waals surface area contributed by atoms with E-state index >= 15 is 0 Å². The lowest BCUT2D eigenvalue weighted by Gasteiger charge is -2.04. The van der Waals surface area contributed by atoms with Crippen molar-refractivity contribution in [3.8, 4) is 0 Å². The molecule has 0 saturated carbocycles. The van der Waals surface area contributed by atoms with E-state index in [1.165, 1.54) is 0 Å². The van der Waals surface area contributed by atoms with Crippen molar-refractivity contribution in [2.45, 2.75) is 0 Å². The van der Waals surface area contributed by atoms with Crippen LogP contribution in [0.2, 0.25) is 0 Å². The lowest BCUT2D eigenvalue weighted by atomic mass is 9.79. The molecule has 0 radical (unpaired) electrons. The summed E-state index contributed by atoms with van der Waals surface area (Å²) < 4.78 is 0.679. The second kappa shape index (κ2) is 3.69. The largest absolute Gasteiger partial charge is 0.490 e. The quantitative estimate of drug-likeness (QED) is 0.579. The van der Waals surface area contributed by atoms with Crippen LogP contribution < -0.4 is 5.46 Å². The molecule has 0 saturated heterocycles. The van der Waals surface area contributed by atoms with E-state index in [2.05, 4.69) is 20.9 Å². The van der Waals surface area contributed by atoms with E-state index in [0.29, 0.717) is 15.6 Å². The number of rotatable bonds is 1. The van der Waals surface area contributed by atoms with E-state index in [4.69, 9.17) is 10.0 Å². The summed E-state index contributed by atoms with van der Waals surface area (Å²) in [6.07, 6.45) is 0. The molecule has 0 atom stereocenters. The van der Waals surface area contributed by atoms with Gasteiger partial charge in [-0.2, -0.15) is 0 Å². The standard InChI is InChI=1S/C9H7BBrNO2/c11-8-5-4-6-2-1-3-7(10(13)14)9(6)12-8/h1-5,13-14H.